The zero-order valence-electron chi connectivity index (χ0n) is 9.76. The van der Waals surface area contributed by atoms with E-state index < -0.39 is 5.91 Å². The van der Waals surface area contributed by atoms with Gasteiger partial charge in [0, 0.05) is 17.0 Å². The van der Waals surface area contributed by atoms with Crippen LogP contribution in [0, 0.1) is 0 Å². The molecular formula is C13H14N2O2S. The van der Waals surface area contributed by atoms with Crippen LogP contribution in [0.4, 0.5) is 5.69 Å². The highest BCUT2D eigenvalue weighted by molar-refractivity contribution is 7.97. The molecule has 0 spiro atoms. The van der Waals surface area contributed by atoms with E-state index >= 15 is 0 Å². The van der Waals surface area contributed by atoms with Crippen LogP contribution in [0.5, 0.6) is 0 Å². The van der Waals surface area contributed by atoms with Crippen molar-refractivity contribution in [2.45, 2.75) is 11.5 Å². The molecule has 5 heteroatoms. The first-order valence-electron chi connectivity index (χ1n) is 5.45. The lowest BCUT2D eigenvalue weighted by Gasteiger charge is -2.06. The van der Waals surface area contributed by atoms with Gasteiger partial charge in [-0.3, -0.25) is 4.79 Å². The first kappa shape index (κ1) is 12.6. The van der Waals surface area contributed by atoms with Crippen LogP contribution in [0.15, 0.2) is 41.0 Å². The third-order valence-corrected chi connectivity index (χ3v) is 3.52. The van der Waals surface area contributed by atoms with Gasteiger partial charge in [0.2, 0.25) is 5.91 Å². The standard InChI is InChI=1S/C13H14N2O2S/c14-12-6-9(13(15)16)3-4-10(12)7-18-8-11-2-1-5-17-11/h1-6H,7-8,14H2,(H2,15,16). The molecule has 0 aliphatic rings. The normalized spacial score (nSPS) is 10.4. The molecule has 1 heterocycles. The summed E-state index contributed by atoms with van der Waals surface area (Å²) >= 11 is 1.70. The van der Waals surface area contributed by atoms with Crippen molar-refractivity contribution in [3.63, 3.8) is 0 Å². The molecule has 1 aromatic carbocycles. The Morgan fingerprint density at radius 3 is 2.72 bits per heavy atom. The summed E-state index contributed by atoms with van der Waals surface area (Å²) in [4.78, 5) is 11.0. The van der Waals surface area contributed by atoms with Gasteiger partial charge in [0.1, 0.15) is 5.76 Å². The second-order valence-electron chi connectivity index (χ2n) is 3.85. The molecule has 1 amide bonds. The Balaban J connectivity index is 1.95. The number of nitrogens with two attached hydrogens (primary N) is 2. The third kappa shape index (κ3) is 3.07. The van der Waals surface area contributed by atoms with Gasteiger partial charge in [-0.2, -0.15) is 0 Å². The van der Waals surface area contributed by atoms with E-state index in [-0.39, 0.29) is 0 Å². The summed E-state index contributed by atoms with van der Waals surface area (Å²) < 4.78 is 5.24. The average Bonchev–Trinajstić information content (AvgIpc) is 2.84. The van der Waals surface area contributed by atoms with E-state index in [4.69, 9.17) is 15.9 Å². The van der Waals surface area contributed by atoms with Crippen molar-refractivity contribution in [2.24, 2.45) is 5.73 Å². The first-order valence-corrected chi connectivity index (χ1v) is 6.60. The van der Waals surface area contributed by atoms with E-state index in [9.17, 15) is 4.79 Å². The number of anilines is 1. The summed E-state index contributed by atoms with van der Waals surface area (Å²) in [7, 11) is 0. The number of carbonyl (C=O) groups is 1. The fourth-order valence-corrected chi connectivity index (χ4v) is 2.49. The lowest BCUT2D eigenvalue weighted by Crippen LogP contribution is -2.11. The molecule has 0 aliphatic carbocycles. The molecule has 0 bridgehead atoms. The van der Waals surface area contributed by atoms with Crippen molar-refractivity contribution in [3.05, 3.63) is 53.5 Å². The molecule has 0 fully saturated rings. The van der Waals surface area contributed by atoms with Gasteiger partial charge in [-0.1, -0.05) is 6.07 Å². The minimum absolute atomic E-state index is 0.437. The van der Waals surface area contributed by atoms with Crippen LogP contribution >= 0.6 is 11.8 Å². The predicted octanol–water partition coefficient (Wildman–Crippen LogP) is 2.39. The van der Waals surface area contributed by atoms with Gasteiger partial charge < -0.3 is 15.9 Å². The van der Waals surface area contributed by atoms with E-state index in [1.54, 1.807) is 30.2 Å². The molecule has 94 valence electrons. The Morgan fingerprint density at radius 2 is 2.11 bits per heavy atom. The number of amides is 1. The molecule has 4 nitrogen and oxygen atoms in total. The lowest BCUT2D eigenvalue weighted by atomic mass is 10.1. The number of benzene rings is 1. The monoisotopic (exact) mass is 262 g/mol. The van der Waals surface area contributed by atoms with Crippen LogP contribution in [0.2, 0.25) is 0 Å². The number of nitrogen functional groups attached to an aromatic ring is 1. The van der Waals surface area contributed by atoms with E-state index in [2.05, 4.69) is 0 Å². The summed E-state index contributed by atoms with van der Waals surface area (Å²) in [5, 5.41) is 0. The topological polar surface area (TPSA) is 82.2 Å². The highest BCUT2D eigenvalue weighted by Gasteiger charge is 2.05. The molecule has 2 aromatic rings. The zero-order valence-corrected chi connectivity index (χ0v) is 10.6. The maximum Gasteiger partial charge on any atom is 0.248 e. The summed E-state index contributed by atoms with van der Waals surface area (Å²) in [5.74, 6) is 2.04. The SMILES string of the molecule is NC(=O)c1ccc(CSCc2ccco2)c(N)c1. The first-order chi connectivity index (χ1) is 8.66. The summed E-state index contributed by atoms with van der Waals surface area (Å²) in [6, 6.07) is 8.95. The molecule has 0 saturated carbocycles. The van der Waals surface area contributed by atoms with E-state index in [1.165, 1.54) is 0 Å². The van der Waals surface area contributed by atoms with Crippen molar-refractivity contribution < 1.29 is 9.21 Å². The lowest BCUT2D eigenvalue weighted by molar-refractivity contribution is 0.100. The molecule has 0 atom stereocenters. The molecule has 0 radical (unpaired) electrons. The number of carbonyl (C=O) groups excluding carboxylic acids is 1. The van der Waals surface area contributed by atoms with Gasteiger partial charge in [-0.05, 0) is 29.8 Å². The smallest absolute Gasteiger partial charge is 0.248 e. The average molecular weight is 262 g/mol. The van der Waals surface area contributed by atoms with Gasteiger partial charge in [0.25, 0.3) is 0 Å². The Hall–Kier alpha value is -1.88. The minimum atomic E-state index is -0.462. The van der Waals surface area contributed by atoms with Gasteiger partial charge in [-0.15, -0.1) is 11.8 Å². The van der Waals surface area contributed by atoms with Gasteiger partial charge in [0.15, 0.2) is 0 Å². The van der Waals surface area contributed by atoms with Crippen LogP contribution in [0.1, 0.15) is 21.7 Å². The molecule has 2 rings (SSSR count). The quantitative estimate of drug-likeness (QED) is 0.810. The second-order valence-corrected chi connectivity index (χ2v) is 4.84. The highest BCUT2D eigenvalue weighted by Crippen LogP contribution is 2.22. The van der Waals surface area contributed by atoms with Crippen molar-refractivity contribution in [2.75, 3.05) is 5.73 Å². The number of rotatable bonds is 5. The number of hydrogen-bond acceptors (Lipinski definition) is 4. The number of thioether (sulfide) groups is 1. The molecule has 0 aliphatic heterocycles. The summed E-state index contributed by atoms with van der Waals surface area (Å²) in [6.45, 7) is 0. The highest BCUT2D eigenvalue weighted by atomic mass is 32.2. The number of furan rings is 1. The van der Waals surface area contributed by atoms with Crippen LogP contribution in [0.25, 0.3) is 0 Å². The van der Waals surface area contributed by atoms with Crippen LogP contribution in [-0.4, -0.2) is 5.91 Å². The molecule has 0 unspecified atom stereocenters. The molecule has 0 saturated heterocycles. The van der Waals surface area contributed by atoms with E-state index in [0.29, 0.717) is 11.3 Å². The van der Waals surface area contributed by atoms with Crippen molar-refractivity contribution in [1.82, 2.24) is 0 Å². The van der Waals surface area contributed by atoms with Gasteiger partial charge >= 0.3 is 0 Å². The Bertz CT molecular complexity index is 538. The van der Waals surface area contributed by atoms with Gasteiger partial charge in [0.05, 0.1) is 12.0 Å². The van der Waals surface area contributed by atoms with Crippen molar-refractivity contribution in [3.8, 4) is 0 Å². The van der Waals surface area contributed by atoms with E-state index in [0.717, 1.165) is 22.8 Å². The fraction of sp³-hybridized carbons (Fsp3) is 0.154. The fourth-order valence-electron chi connectivity index (χ4n) is 1.54. The summed E-state index contributed by atoms with van der Waals surface area (Å²) in [5.41, 5.74) is 13.1. The van der Waals surface area contributed by atoms with Crippen LogP contribution < -0.4 is 11.5 Å². The zero-order chi connectivity index (χ0) is 13.0. The Kier molecular flexibility index (Phi) is 3.94. The van der Waals surface area contributed by atoms with Crippen molar-refractivity contribution >= 4 is 23.4 Å². The largest absolute Gasteiger partial charge is 0.468 e. The molecule has 18 heavy (non-hydrogen) atoms. The number of primary amides is 1. The molecular weight excluding hydrogens is 248 g/mol. The third-order valence-electron chi connectivity index (χ3n) is 2.51. The van der Waals surface area contributed by atoms with Gasteiger partial charge in [-0.25, -0.2) is 0 Å². The second kappa shape index (κ2) is 5.64. The van der Waals surface area contributed by atoms with Crippen LogP contribution in [0.3, 0.4) is 0 Å². The van der Waals surface area contributed by atoms with Crippen LogP contribution in [-0.2, 0) is 11.5 Å². The Labute approximate surface area is 109 Å². The van der Waals surface area contributed by atoms with E-state index in [1.807, 2.05) is 18.2 Å². The van der Waals surface area contributed by atoms with Crippen molar-refractivity contribution in [1.29, 1.82) is 0 Å². The Morgan fingerprint density at radius 1 is 1.28 bits per heavy atom. The predicted molar refractivity (Wildman–Crippen MR) is 73.1 cm³/mol. The summed E-state index contributed by atoms with van der Waals surface area (Å²) in [6.07, 6.45) is 1.66. The minimum Gasteiger partial charge on any atom is -0.468 e. The molecule has 4 N–H and O–H groups in total. The molecule has 1 aromatic heterocycles. The maximum atomic E-state index is 11.0. The number of hydrogen-bond donors (Lipinski definition) is 2. The maximum absolute atomic E-state index is 11.0.